The first-order valence-electron chi connectivity index (χ1n) is 16.6. The number of piperidine rings is 1. The Morgan fingerprint density at radius 2 is 1.47 bits per heavy atom. The molecule has 2 amide bonds. The Hall–Kier alpha value is -4.08. The van der Waals surface area contributed by atoms with Gasteiger partial charge in [0.15, 0.2) is 9.84 Å². The quantitative estimate of drug-likeness (QED) is 0.254. The van der Waals surface area contributed by atoms with E-state index in [-0.39, 0.29) is 16.2 Å². The molecule has 248 valence electrons. The summed E-state index contributed by atoms with van der Waals surface area (Å²) < 4.78 is 24.2. The molecule has 2 aliphatic rings. The van der Waals surface area contributed by atoms with E-state index < -0.39 is 27.6 Å². The molecule has 8 nitrogen and oxygen atoms in total. The second kappa shape index (κ2) is 14.8. The molecule has 0 radical (unpaired) electrons. The molecule has 9 heteroatoms. The smallest absolute Gasteiger partial charge is 0.249 e. The van der Waals surface area contributed by atoms with E-state index in [1.54, 1.807) is 12.1 Å². The van der Waals surface area contributed by atoms with Gasteiger partial charge in [-0.15, -0.1) is 0 Å². The summed E-state index contributed by atoms with van der Waals surface area (Å²) in [6, 6.07) is 28.0. The standard InChI is InChI=1S/C38H46N4O4S/c1-4-31-34(36(39)43)33(27-17-19-30(20-18-27)47(3,45)46)35(32(5-2)41-31)37(44)40-23-12-24-42-25-21-38(22-26-42,28-13-8-6-9-14-28)29-15-10-7-11-16-29/h6-11,13-20,33-34H,4-5,12,21-26H2,1-3H3,(H2,39,43)(H,40,44). The number of nitrogens with zero attached hydrogens (tertiary/aromatic N) is 2. The highest BCUT2D eigenvalue weighted by atomic mass is 32.2. The third-order valence-corrected chi connectivity index (χ3v) is 10.9. The van der Waals surface area contributed by atoms with Crippen molar-refractivity contribution in [1.29, 1.82) is 0 Å². The van der Waals surface area contributed by atoms with Crippen LogP contribution in [-0.2, 0) is 24.8 Å². The van der Waals surface area contributed by atoms with Crippen molar-refractivity contribution < 1.29 is 18.0 Å². The lowest BCUT2D eigenvalue weighted by Crippen LogP contribution is -2.44. The first kappa shape index (κ1) is 34.3. The Morgan fingerprint density at radius 1 is 0.894 bits per heavy atom. The largest absolute Gasteiger partial charge is 0.369 e. The molecule has 3 aromatic carbocycles. The van der Waals surface area contributed by atoms with Crippen molar-refractivity contribution in [2.75, 3.05) is 32.4 Å². The topological polar surface area (TPSA) is 122 Å². The zero-order chi connectivity index (χ0) is 33.6. The van der Waals surface area contributed by atoms with Crippen molar-refractivity contribution in [2.24, 2.45) is 16.6 Å². The van der Waals surface area contributed by atoms with Gasteiger partial charge in [0, 0.05) is 41.1 Å². The number of primary amides is 1. The molecule has 2 atom stereocenters. The first-order chi connectivity index (χ1) is 22.6. The zero-order valence-electron chi connectivity index (χ0n) is 27.6. The number of carbonyl (C=O) groups is 2. The minimum atomic E-state index is -3.41. The number of nitrogens with one attached hydrogen (secondary N) is 1. The van der Waals surface area contributed by atoms with Crippen molar-refractivity contribution in [2.45, 2.75) is 62.2 Å². The normalized spacial score (nSPS) is 20.0. The van der Waals surface area contributed by atoms with Crippen LogP contribution in [0.3, 0.4) is 0 Å². The number of nitrogens with two attached hydrogens (primary N) is 1. The van der Waals surface area contributed by atoms with E-state index in [2.05, 4.69) is 70.9 Å². The number of allylic oxidation sites excluding steroid dienone is 1. The Kier molecular flexibility index (Phi) is 10.8. The highest BCUT2D eigenvalue weighted by Crippen LogP contribution is 2.42. The fourth-order valence-corrected chi connectivity index (χ4v) is 7.94. The van der Waals surface area contributed by atoms with Gasteiger partial charge in [-0.25, -0.2) is 8.42 Å². The fraction of sp³-hybridized carbons (Fsp3) is 0.395. The molecule has 2 unspecified atom stereocenters. The van der Waals surface area contributed by atoms with E-state index in [1.807, 2.05) is 13.8 Å². The average Bonchev–Trinajstić information content (AvgIpc) is 3.09. The Labute approximate surface area is 279 Å². The minimum Gasteiger partial charge on any atom is -0.369 e. The van der Waals surface area contributed by atoms with Crippen LogP contribution < -0.4 is 11.1 Å². The number of likely N-dealkylation sites (tertiary alicyclic amines) is 1. The summed E-state index contributed by atoms with van der Waals surface area (Å²) in [5, 5.41) is 3.11. The van der Waals surface area contributed by atoms with Crippen LogP contribution in [0.25, 0.3) is 0 Å². The van der Waals surface area contributed by atoms with Crippen molar-refractivity contribution in [3.63, 3.8) is 0 Å². The SMILES string of the molecule is CCC1=NC(CC)=C(C(=O)NCCCN2CCC(c3ccccc3)(c3ccccc3)CC2)C(c2ccc(S(C)(=O)=O)cc2)C1C(N)=O. The van der Waals surface area contributed by atoms with Gasteiger partial charge in [0.05, 0.1) is 10.8 Å². The second-order valence-electron chi connectivity index (χ2n) is 12.6. The van der Waals surface area contributed by atoms with Gasteiger partial charge in [-0.1, -0.05) is 86.6 Å². The van der Waals surface area contributed by atoms with Gasteiger partial charge in [-0.2, -0.15) is 0 Å². The fourth-order valence-electron chi connectivity index (χ4n) is 7.31. The lowest BCUT2D eigenvalue weighted by molar-refractivity contribution is -0.120. The van der Waals surface area contributed by atoms with Gasteiger partial charge in [0.25, 0.3) is 0 Å². The number of aliphatic imine (C=N–C) groups is 1. The molecular weight excluding hydrogens is 609 g/mol. The lowest BCUT2D eigenvalue weighted by Gasteiger charge is -2.43. The summed E-state index contributed by atoms with van der Waals surface area (Å²) in [6.07, 6.45) is 4.99. The van der Waals surface area contributed by atoms with Crippen molar-refractivity contribution in [3.05, 3.63) is 113 Å². The van der Waals surface area contributed by atoms with E-state index >= 15 is 0 Å². The number of rotatable bonds is 12. The molecule has 0 saturated carbocycles. The summed E-state index contributed by atoms with van der Waals surface area (Å²) in [5.41, 5.74) is 11.0. The molecule has 3 aromatic rings. The van der Waals surface area contributed by atoms with Gasteiger partial charge in [-0.05, 0) is 80.6 Å². The summed E-state index contributed by atoms with van der Waals surface area (Å²) in [5.74, 6) is -2.29. The van der Waals surface area contributed by atoms with E-state index in [9.17, 15) is 18.0 Å². The molecule has 3 N–H and O–H groups in total. The molecule has 0 spiro atoms. The van der Waals surface area contributed by atoms with E-state index in [4.69, 9.17) is 10.7 Å². The third kappa shape index (κ3) is 7.41. The van der Waals surface area contributed by atoms with Crippen LogP contribution >= 0.6 is 0 Å². The molecule has 5 rings (SSSR count). The molecule has 0 aromatic heterocycles. The summed E-state index contributed by atoms with van der Waals surface area (Å²) in [7, 11) is -3.41. The Balaban J connectivity index is 1.28. The molecule has 0 bridgehead atoms. The molecule has 2 aliphatic heterocycles. The van der Waals surface area contributed by atoms with Crippen LogP contribution in [0.1, 0.15) is 68.6 Å². The van der Waals surface area contributed by atoms with Crippen LogP contribution in [0.15, 0.2) is 106 Å². The number of sulfone groups is 1. The summed E-state index contributed by atoms with van der Waals surface area (Å²) >= 11 is 0. The van der Waals surface area contributed by atoms with Crippen molar-refractivity contribution >= 4 is 27.4 Å². The predicted octanol–water partition coefficient (Wildman–Crippen LogP) is 5.39. The lowest BCUT2D eigenvalue weighted by atomic mass is 9.68. The summed E-state index contributed by atoms with van der Waals surface area (Å²) in [4.78, 5) is 34.1. The molecule has 1 saturated heterocycles. The van der Waals surface area contributed by atoms with Crippen LogP contribution in [0, 0.1) is 5.92 Å². The van der Waals surface area contributed by atoms with Crippen LogP contribution in [0.2, 0.25) is 0 Å². The van der Waals surface area contributed by atoms with Gasteiger partial charge < -0.3 is 16.0 Å². The van der Waals surface area contributed by atoms with Crippen LogP contribution in [0.5, 0.6) is 0 Å². The summed E-state index contributed by atoms with van der Waals surface area (Å²) in [6.45, 7) is 7.12. The van der Waals surface area contributed by atoms with Crippen molar-refractivity contribution in [1.82, 2.24) is 10.2 Å². The predicted molar refractivity (Wildman–Crippen MR) is 187 cm³/mol. The van der Waals surface area contributed by atoms with Crippen LogP contribution in [0.4, 0.5) is 0 Å². The molecule has 47 heavy (non-hydrogen) atoms. The average molecular weight is 655 g/mol. The molecule has 0 aliphatic carbocycles. The maximum Gasteiger partial charge on any atom is 0.249 e. The van der Waals surface area contributed by atoms with E-state index in [0.29, 0.717) is 41.9 Å². The Morgan fingerprint density at radius 3 is 1.96 bits per heavy atom. The zero-order valence-corrected chi connectivity index (χ0v) is 28.4. The maximum absolute atomic E-state index is 13.9. The first-order valence-corrected chi connectivity index (χ1v) is 18.5. The maximum atomic E-state index is 13.9. The van der Waals surface area contributed by atoms with E-state index in [1.165, 1.54) is 23.3 Å². The number of hydrogen-bond acceptors (Lipinski definition) is 6. The molecule has 2 heterocycles. The van der Waals surface area contributed by atoms with Gasteiger partial charge in [0.2, 0.25) is 11.8 Å². The number of benzene rings is 3. The van der Waals surface area contributed by atoms with Crippen molar-refractivity contribution in [3.8, 4) is 0 Å². The highest BCUT2D eigenvalue weighted by molar-refractivity contribution is 7.90. The monoisotopic (exact) mass is 654 g/mol. The van der Waals surface area contributed by atoms with Gasteiger partial charge >= 0.3 is 0 Å². The molecule has 1 fully saturated rings. The van der Waals surface area contributed by atoms with Gasteiger partial charge in [0.1, 0.15) is 0 Å². The third-order valence-electron chi connectivity index (χ3n) is 9.81. The van der Waals surface area contributed by atoms with Gasteiger partial charge in [-0.3, -0.25) is 14.6 Å². The van der Waals surface area contributed by atoms with Crippen LogP contribution in [-0.4, -0.2) is 63.3 Å². The Bertz CT molecular complexity index is 1690. The number of hydrogen-bond donors (Lipinski definition) is 2. The molecular formula is C38H46N4O4S. The second-order valence-corrected chi connectivity index (χ2v) is 14.7. The number of amides is 2. The minimum absolute atomic E-state index is 0.0133. The number of carbonyl (C=O) groups excluding carboxylic acids is 2. The van der Waals surface area contributed by atoms with E-state index in [0.717, 1.165) is 45.2 Å². The highest BCUT2D eigenvalue weighted by Gasteiger charge is 2.41.